The molecule has 0 amide bonds. The zero-order chi connectivity index (χ0) is 17.8. The summed E-state index contributed by atoms with van der Waals surface area (Å²) >= 11 is 0. The molecule has 1 aliphatic rings. The van der Waals surface area contributed by atoms with Crippen LogP contribution in [0.1, 0.15) is 91.9 Å². The third kappa shape index (κ3) is 7.18. The highest BCUT2D eigenvalue weighted by atomic mass is 14.2. The van der Waals surface area contributed by atoms with Crippen LogP contribution in [0.15, 0.2) is 34.9 Å². The van der Waals surface area contributed by atoms with Gasteiger partial charge in [0.2, 0.25) is 0 Å². The van der Waals surface area contributed by atoms with Crippen molar-refractivity contribution in [3.8, 4) is 0 Å². The van der Waals surface area contributed by atoms with E-state index < -0.39 is 0 Å². The Hall–Kier alpha value is -1.13. The maximum atomic E-state index is 5.94. The van der Waals surface area contributed by atoms with Crippen LogP contribution in [0.5, 0.6) is 0 Å². The molecular weight excluding hydrogens is 288 g/mol. The highest BCUT2D eigenvalue weighted by molar-refractivity contribution is 5.47. The van der Waals surface area contributed by atoms with Crippen molar-refractivity contribution in [1.29, 1.82) is 0 Å². The van der Waals surface area contributed by atoms with Gasteiger partial charge >= 0.3 is 0 Å². The smallest absolute Gasteiger partial charge is 0.0984 e. The Morgan fingerprint density at radius 3 is 2.04 bits per heavy atom. The normalized spacial score (nSPS) is 16.6. The lowest BCUT2D eigenvalue weighted by molar-refractivity contribution is 0.447. The van der Waals surface area contributed by atoms with Crippen molar-refractivity contribution < 1.29 is 0 Å². The molecule has 0 nitrogen and oxygen atoms in total. The molecule has 0 saturated carbocycles. The first kappa shape index (κ1) is 20.9. The van der Waals surface area contributed by atoms with Crippen LogP contribution < -0.4 is 0 Å². The third-order valence-electron chi connectivity index (χ3n) is 5.42. The average Bonchev–Trinajstić information content (AvgIpc) is 2.62. The minimum Gasteiger partial charge on any atom is -0.290 e. The zero-order valence-corrected chi connectivity index (χ0v) is 16.5. The summed E-state index contributed by atoms with van der Waals surface area (Å²) in [5.41, 5.74) is 3.94. The number of unbranched alkanes of at least 4 members (excludes halogenated alkanes) is 2. The predicted octanol–water partition coefficient (Wildman–Crippen LogP) is 7.78. The Kier molecular flexibility index (Phi) is 10.7. The van der Waals surface area contributed by atoms with Gasteiger partial charge in [-0.2, -0.15) is 0 Å². The van der Waals surface area contributed by atoms with E-state index in [0.29, 0.717) is 0 Å². The van der Waals surface area contributed by atoms with Gasteiger partial charge < -0.3 is 0 Å². The van der Waals surface area contributed by atoms with E-state index in [0.717, 1.165) is 24.7 Å². The minimum absolute atomic E-state index is 0.774. The second-order valence-corrected chi connectivity index (χ2v) is 7.35. The molecule has 2 atom stereocenters. The fraction of sp³-hybridized carbons (Fsp3) is 0.667. The van der Waals surface area contributed by atoms with E-state index in [1.807, 2.05) is 0 Å². The highest BCUT2D eigenvalue weighted by Crippen LogP contribution is 2.30. The van der Waals surface area contributed by atoms with Gasteiger partial charge in [0.25, 0.3) is 0 Å². The summed E-state index contributed by atoms with van der Waals surface area (Å²) < 4.78 is 0. The summed E-state index contributed by atoms with van der Waals surface area (Å²) in [5, 5.41) is 0. The molecule has 0 radical (unpaired) electrons. The van der Waals surface area contributed by atoms with Gasteiger partial charge in [0.05, 0.1) is 11.6 Å². The fourth-order valence-corrected chi connectivity index (χ4v) is 3.54. The largest absolute Gasteiger partial charge is 0.290 e. The van der Waals surface area contributed by atoms with Gasteiger partial charge in [-0.15, -0.1) is 0 Å². The van der Waals surface area contributed by atoms with Gasteiger partial charge in [-0.05, 0) is 29.9 Å². The van der Waals surface area contributed by atoms with Crippen LogP contribution in [0, 0.1) is 24.5 Å². The molecule has 0 spiro atoms. The molecule has 0 fully saturated rings. The molecule has 0 heterocycles. The number of rotatable bonds is 13. The fourth-order valence-electron chi connectivity index (χ4n) is 3.54. The lowest BCUT2D eigenvalue weighted by Crippen LogP contribution is -2.05. The van der Waals surface area contributed by atoms with Crippen molar-refractivity contribution in [1.82, 2.24) is 0 Å². The Balaban J connectivity index is 2.75. The summed E-state index contributed by atoms with van der Waals surface area (Å²) in [5.74, 6) is 1.56. The number of hydrogen-bond donors (Lipinski definition) is 0. The van der Waals surface area contributed by atoms with Crippen LogP contribution in [0.25, 0.3) is 0 Å². The van der Waals surface area contributed by atoms with E-state index >= 15 is 0 Å². The van der Waals surface area contributed by atoms with Gasteiger partial charge in [-0.3, -0.25) is 6.58 Å². The molecule has 134 valence electrons. The first-order chi connectivity index (χ1) is 11.7. The van der Waals surface area contributed by atoms with Crippen LogP contribution in [-0.4, -0.2) is 0 Å². The summed E-state index contributed by atoms with van der Waals surface area (Å²) in [4.78, 5) is 0. The van der Waals surface area contributed by atoms with Crippen molar-refractivity contribution in [3.63, 3.8) is 0 Å². The molecule has 0 aromatic carbocycles. The lowest BCUT2D eigenvalue weighted by atomic mass is 9.84. The van der Waals surface area contributed by atoms with E-state index in [-0.39, 0.29) is 0 Å². The monoisotopic (exact) mass is 326 g/mol. The molecule has 0 N–H and O–H groups in total. The summed E-state index contributed by atoms with van der Waals surface area (Å²) in [6.07, 6.45) is 22.6. The Morgan fingerprint density at radius 1 is 0.958 bits per heavy atom. The minimum atomic E-state index is 0.774. The predicted molar refractivity (Wildman–Crippen MR) is 108 cm³/mol. The molecule has 2 unspecified atom stereocenters. The molecular formula is C24H38. The van der Waals surface area contributed by atoms with Crippen LogP contribution in [-0.2, 0) is 0 Å². The van der Waals surface area contributed by atoms with Crippen molar-refractivity contribution >= 4 is 0 Å². The van der Waals surface area contributed by atoms with E-state index in [1.54, 1.807) is 6.08 Å². The molecule has 0 bridgehead atoms. The van der Waals surface area contributed by atoms with Crippen molar-refractivity contribution in [2.75, 3.05) is 0 Å². The van der Waals surface area contributed by atoms with E-state index in [1.165, 1.54) is 68.1 Å². The first-order valence-corrected chi connectivity index (χ1v) is 10.3. The van der Waals surface area contributed by atoms with Crippen molar-refractivity contribution in [2.24, 2.45) is 11.8 Å². The second kappa shape index (κ2) is 12.3. The van der Waals surface area contributed by atoms with E-state index in [9.17, 15) is 0 Å². The van der Waals surface area contributed by atoms with Gasteiger partial charge in [0.15, 0.2) is 0 Å². The van der Waals surface area contributed by atoms with Crippen LogP contribution in [0.4, 0.5) is 0 Å². The average molecular weight is 327 g/mol. The molecule has 0 heteroatoms. The van der Waals surface area contributed by atoms with Gasteiger partial charge in [-0.1, -0.05) is 78.2 Å². The van der Waals surface area contributed by atoms with Gasteiger partial charge in [-0.25, -0.2) is 6.08 Å². The third-order valence-corrected chi connectivity index (χ3v) is 5.42. The van der Waals surface area contributed by atoms with Crippen LogP contribution in [0.2, 0.25) is 0 Å². The number of hydrogen-bond acceptors (Lipinski definition) is 0. The second-order valence-electron chi connectivity index (χ2n) is 7.35. The molecule has 0 aliphatic heterocycles. The molecule has 0 saturated heterocycles. The van der Waals surface area contributed by atoms with E-state index in [2.05, 4.69) is 45.9 Å². The van der Waals surface area contributed by atoms with Gasteiger partial charge in [0.1, 0.15) is 0 Å². The molecule has 24 heavy (non-hydrogen) atoms. The van der Waals surface area contributed by atoms with Crippen molar-refractivity contribution in [3.05, 3.63) is 47.6 Å². The molecule has 0 aromatic rings. The van der Waals surface area contributed by atoms with Crippen LogP contribution >= 0.6 is 0 Å². The highest BCUT2D eigenvalue weighted by Gasteiger charge is 2.17. The standard InChI is InChI=1S/C24H38/c1-6-11-13-20(8-3)17-22-15-16-24(23(10-5)19-22)18-21(9-4)14-12-7-2/h5,10,16,19-21H,6-9,11-14,17-18H2,1-4H3. The Morgan fingerprint density at radius 2 is 1.54 bits per heavy atom. The SMILES string of the molecule is [CH-]=CC1=C(CC(CC)CCCC)C=[C+]C(CC(CC)CCCC)=C1. The van der Waals surface area contributed by atoms with E-state index in [4.69, 9.17) is 6.58 Å². The van der Waals surface area contributed by atoms with Gasteiger partial charge in [0, 0.05) is 18.9 Å². The van der Waals surface area contributed by atoms with Crippen molar-refractivity contribution in [2.45, 2.75) is 91.9 Å². The first-order valence-electron chi connectivity index (χ1n) is 10.3. The Labute approximate surface area is 151 Å². The lowest BCUT2D eigenvalue weighted by Gasteiger charge is -2.18. The maximum Gasteiger partial charge on any atom is 0.0984 e. The summed E-state index contributed by atoms with van der Waals surface area (Å²) in [6, 6.07) is 0. The maximum absolute atomic E-state index is 5.94. The summed E-state index contributed by atoms with van der Waals surface area (Å²) in [7, 11) is 0. The molecule has 0 aromatic heterocycles. The quantitative estimate of drug-likeness (QED) is 0.303. The zero-order valence-electron chi connectivity index (χ0n) is 16.5. The van der Waals surface area contributed by atoms with Crippen LogP contribution in [0.3, 0.4) is 0 Å². The summed E-state index contributed by atoms with van der Waals surface area (Å²) in [6.45, 7) is 15.1. The molecule has 1 rings (SSSR count). The topological polar surface area (TPSA) is 0 Å². The Bertz CT molecular complexity index is 447. The molecule has 1 aliphatic carbocycles. The number of allylic oxidation sites excluding steroid dienone is 7.